The Balaban J connectivity index is 1.20. The Labute approximate surface area is 154 Å². The van der Waals surface area contributed by atoms with E-state index >= 15 is 0 Å². The lowest BCUT2D eigenvalue weighted by Crippen LogP contribution is -2.28. The number of carboxylic acids is 1. The quantitative estimate of drug-likeness (QED) is 0.804. The summed E-state index contributed by atoms with van der Waals surface area (Å²) in [7, 11) is 0. The van der Waals surface area contributed by atoms with Crippen molar-refractivity contribution in [3.63, 3.8) is 0 Å². The molecule has 26 heavy (non-hydrogen) atoms. The minimum atomic E-state index is -0.863. The molecule has 1 aliphatic heterocycles. The van der Waals surface area contributed by atoms with E-state index in [1.165, 1.54) is 24.0 Å². The Hall–Kier alpha value is -2.17. The highest BCUT2D eigenvalue weighted by atomic mass is 16.4. The average molecular weight is 350 g/mol. The third kappa shape index (κ3) is 4.14. The second kappa shape index (κ2) is 7.60. The molecule has 1 heterocycles. The summed E-state index contributed by atoms with van der Waals surface area (Å²) in [4.78, 5) is 13.4. The van der Waals surface area contributed by atoms with Crippen LogP contribution in [0.3, 0.4) is 0 Å². The van der Waals surface area contributed by atoms with Crippen LogP contribution in [0, 0.1) is 5.92 Å². The van der Waals surface area contributed by atoms with Crippen LogP contribution >= 0.6 is 0 Å². The van der Waals surface area contributed by atoms with Crippen molar-refractivity contribution in [3.8, 4) is 0 Å². The zero-order valence-electron chi connectivity index (χ0n) is 15.0. The average Bonchev–Trinajstić information content (AvgIpc) is 3.32. The first-order valence-electron chi connectivity index (χ1n) is 9.52. The van der Waals surface area contributed by atoms with Gasteiger partial charge in [0, 0.05) is 25.0 Å². The van der Waals surface area contributed by atoms with E-state index < -0.39 is 5.97 Å². The van der Waals surface area contributed by atoms with E-state index in [1.807, 2.05) is 12.1 Å². The molecule has 4 rings (SSSR count). The molecule has 2 N–H and O–H groups in total. The topological polar surface area (TPSA) is 52.6 Å². The summed E-state index contributed by atoms with van der Waals surface area (Å²) < 4.78 is 0. The molecule has 4 heteroatoms. The van der Waals surface area contributed by atoms with Crippen LogP contribution in [0.25, 0.3) is 0 Å². The smallest absolute Gasteiger partial charge is 0.335 e. The van der Waals surface area contributed by atoms with Gasteiger partial charge in [-0.25, -0.2) is 4.79 Å². The first-order valence-corrected chi connectivity index (χ1v) is 9.52. The molecule has 1 saturated carbocycles. The van der Waals surface area contributed by atoms with Gasteiger partial charge in [-0.2, -0.15) is 0 Å². The van der Waals surface area contributed by atoms with Crippen LogP contribution in [-0.4, -0.2) is 41.7 Å². The van der Waals surface area contributed by atoms with Crippen molar-refractivity contribution in [1.29, 1.82) is 0 Å². The Morgan fingerprint density at radius 2 is 1.88 bits per heavy atom. The number of rotatable bonds is 7. The van der Waals surface area contributed by atoms with Crippen molar-refractivity contribution in [2.24, 2.45) is 5.92 Å². The summed E-state index contributed by atoms with van der Waals surface area (Å²) in [5, 5.41) is 12.7. The number of nitrogens with one attached hydrogen (secondary N) is 1. The summed E-state index contributed by atoms with van der Waals surface area (Å²) in [5.41, 5.74) is 3.01. The van der Waals surface area contributed by atoms with E-state index in [0.29, 0.717) is 23.4 Å². The maximum Gasteiger partial charge on any atom is 0.335 e. The van der Waals surface area contributed by atoms with Crippen LogP contribution in [0.4, 0.5) is 0 Å². The van der Waals surface area contributed by atoms with Crippen LogP contribution in [0.5, 0.6) is 0 Å². The van der Waals surface area contributed by atoms with Gasteiger partial charge in [0.05, 0.1) is 5.56 Å². The van der Waals surface area contributed by atoms with Gasteiger partial charge in [-0.15, -0.1) is 0 Å². The molecule has 0 aromatic heterocycles. The SMILES string of the molecule is O=C(O)c1ccc(CN2CC[C@H](CNC3C[C@H]3c3ccccc3)C2)cc1. The lowest BCUT2D eigenvalue weighted by molar-refractivity contribution is 0.0697. The summed E-state index contributed by atoms with van der Waals surface area (Å²) in [6, 6.07) is 18.7. The molecule has 1 unspecified atom stereocenters. The molecule has 4 nitrogen and oxygen atoms in total. The molecular weight excluding hydrogens is 324 g/mol. The van der Waals surface area contributed by atoms with Gasteiger partial charge in [0.25, 0.3) is 0 Å². The Morgan fingerprint density at radius 1 is 1.12 bits per heavy atom. The fourth-order valence-electron chi connectivity index (χ4n) is 4.04. The van der Waals surface area contributed by atoms with Gasteiger partial charge >= 0.3 is 5.97 Å². The molecule has 2 fully saturated rings. The highest BCUT2D eigenvalue weighted by molar-refractivity contribution is 5.87. The van der Waals surface area contributed by atoms with Crippen LogP contribution in [-0.2, 0) is 6.54 Å². The van der Waals surface area contributed by atoms with Crippen molar-refractivity contribution in [1.82, 2.24) is 10.2 Å². The van der Waals surface area contributed by atoms with Gasteiger partial charge in [0.1, 0.15) is 0 Å². The monoisotopic (exact) mass is 350 g/mol. The molecule has 136 valence electrons. The molecule has 2 aromatic rings. The zero-order chi connectivity index (χ0) is 17.9. The van der Waals surface area contributed by atoms with Crippen molar-refractivity contribution in [2.75, 3.05) is 19.6 Å². The van der Waals surface area contributed by atoms with Crippen LogP contribution in [0.2, 0.25) is 0 Å². The fraction of sp³-hybridized carbons (Fsp3) is 0.409. The molecule has 1 saturated heterocycles. The molecule has 0 radical (unpaired) electrons. The number of hydrogen-bond donors (Lipinski definition) is 2. The maximum absolute atomic E-state index is 10.9. The summed E-state index contributed by atoms with van der Waals surface area (Å²) >= 11 is 0. The third-order valence-electron chi connectivity index (χ3n) is 5.66. The van der Waals surface area contributed by atoms with E-state index in [4.69, 9.17) is 5.11 Å². The second-order valence-corrected chi connectivity index (χ2v) is 7.66. The predicted octanol–water partition coefficient (Wildman–Crippen LogP) is 3.35. The van der Waals surface area contributed by atoms with Crippen molar-refractivity contribution in [2.45, 2.75) is 31.3 Å². The zero-order valence-corrected chi connectivity index (χ0v) is 15.0. The Bertz CT molecular complexity index is 744. The number of carbonyl (C=O) groups is 1. The third-order valence-corrected chi connectivity index (χ3v) is 5.66. The Morgan fingerprint density at radius 3 is 2.62 bits per heavy atom. The highest BCUT2D eigenvalue weighted by Gasteiger charge is 2.38. The van der Waals surface area contributed by atoms with Gasteiger partial charge in [-0.1, -0.05) is 42.5 Å². The van der Waals surface area contributed by atoms with Crippen molar-refractivity contribution in [3.05, 3.63) is 71.3 Å². The number of hydrogen-bond acceptors (Lipinski definition) is 3. The summed E-state index contributed by atoms with van der Waals surface area (Å²) in [6.45, 7) is 4.26. The molecule has 3 atom stereocenters. The van der Waals surface area contributed by atoms with E-state index in [-0.39, 0.29) is 0 Å². The van der Waals surface area contributed by atoms with Crippen LogP contribution in [0.1, 0.15) is 40.2 Å². The number of benzene rings is 2. The molecule has 0 amide bonds. The molecular formula is C22H26N2O2. The van der Waals surface area contributed by atoms with Gasteiger partial charge < -0.3 is 10.4 Å². The molecule has 0 bridgehead atoms. The first-order chi connectivity index (χ1) is 12.7. The van der Waals surface area contributed by atoms with E-state index in [1.54, 1.807) is 12.1 Å². The lowest BCUT2D eigenvalue weighted by Gasteiger charge is -2.16. The number of likely N-dealkylation sites (tertiary alicyclic amines) is 1. The lowest BCUT2D eigenvalue weighted by atomic mass is 10.1. The number of nitrogens with zero attached hydrogens (tertiary/aromatic N) is 1. The van der Waals surface area contributed by atoms with Gasteiger partial charge in [-0.3, -0.25) is 4.90 Å². The molecule has 0 spiro atoms. The van der Waals surface area contributed by atoms with E-state index in [9.17, 15) is 4.79 Å². The summed E-state index contributed by atoms with van der Waals surface area (Å²) in [6.07, 6.45) is 2.50. The standard InChI is InChI=1S/C22H26N2O2/c25-22(26)19-8-6-16(7-9-19)14-24-11-10-17(15-24)13-23-21-12-20(21)18-4-2-1-3-5-18/h1-9,17,20-21,23H,10-15H2,(H,25,26)/t17-,20+,21?/m1/s1. The molecule has 2 aromatic carbocycles. The van der Waals surface area contributed by atoms with Gasteiger partial charge in [-0.05, 0) is 55.1 Å². The minimum Gasteiger partial charge on any atom is -0.478 e. The second-order valence-electron chi connectivity index (χ2n) is 7.66. The van der Waals surface area contributed by atoms with E-state index in [0.717, 1.165) is 26.2 Å². The fourth-order valence-corrected chi connectivity index (χ4v) is 4.04. The Kier molecular flexibility index (Phi) is 5.05. The van der Waals surface area contributed by atoms with Crippen LogP contribution < -0.4 is 5.32 Å². The molecule has 1 aliphatic carbocycles. The predicted molar refractivity (Wildman–Crippen MR) is 102 cm³/mol. The normalized spacial score (nSPS) is 25.3. The summed E-state index contributed by atoms with van der Waals surface area (Å²) in [5.74, 6) is 0.546. The van der Waals surface area contributed by atoms with Gasteiger partial charge in [0.15, 0.2) is 0 Å². The minimum absolute atomic E-state index is 0.356. The van der Waals surface area contributed by atoms with E-state index in [2.05, 4.69) is 40.5 Å². The van der Waals surface area contributed by atoms with Crippen LogP contribution in [0.15, 0.2) is 54.6 Å². The van der Waals surface area contributed by atoms with Gasteiger partial charge in [0.2, 0.25) is 0 Å². The number of carboxylic acid groups (broad SMARTS) is 1. The highest BCUT2D eigenvalue weighted by Crippen LogP contribution is 2.40. The molecule has 2 aliphatic rings. The van der Waals surface area contributed by atoms with Crippen molar-refractivity contribution >= 4 is 5.97 Å². The van der Waals surface area contributed by atoms with Crippen molar-refractivity contribution < 1.29 is 9.90 Å². The first kappa shape index (κ1) is 17.3. The largest absolute Gasteiger partial charge is 0.478 e. The maximum atomic E-state index is 10.9. The number of aromatic carboxylic acids is 1.